The molecule has 1 atom stereocenters. The zero-order valence-corrected chi connectivity index (χ0v) is 12.3. The summed E-state index contributed by atoms with van der Waals surface area (Å²) in [7, 11) is -4.65. The van der Waals surface area contributed by atoms with Gasteiger partial charge in [-0.2, -0.15) is 8.42 Å². The molecule has 0 saturated carbocycles. The van der Waals surface area contributed by atoms with Crippen molar-refractivity contribution in [3.05, 3.63) is 28.0 Å². The number of carbonyl (C=O) groups excluding carboxylic acids is 1. The van der Waals surface area contributed by atoms with Gasteiger partial charge in [-0.05, 0) is 12.1 Å². The van der Waals surface area contributed by atoms with Crippen LogP contribution in [0.1, 0.15) is 6.42 Å². The zero-order valence-electron chi connectivity index (χ0n) is 9.95. The quantitative estimate of drug-likeness (QED) is 0.626. The lowest BCUT2D eigenvalue weighted by Crippen LogP contribution is -2.25. The molecule has 1 fully saturated rings. The minimum Gasteiger partial charge on any atom is -0.312 e. The number of nitrogens with zero attached hydrogens (tertiary/aromatic N) is 1. The topological polar surface area (TPSA) is 54.5 Å². The zero-order chi connectivity index (χ0) is 15.1. The predicted octanol–water partition coefficient (Wildman–Crippen LogP) is 2.78. The van der Waals surface area contributed by atoms with Gasteiger partial charge in [-0.1, -0.05) is 23.2 Å². The summed E-state index contributed by atoms with van der Waals surface area (Å²) in [6.07, 6.45) is -0.101. The first kappa shape index (κ1) is 15.5. The van der Waals surface area contributed by atoms with Crippen LogP contribution in [0.5, 0.6) is 0 Å². The molecule has 1 amide bonds. The average Bonchev–Trinajstić information content (AvgIpc) is 2.63. The summed E-state index contributed by atoms with van der Waals surface area (Å²) in [6, 6.07) is 2.43. The molecule has 1 aliphatic rings. The van der Waals surface area contributed by atoms with E-state index in [-0.39, 0.29) is 28.7 Å². The van der Waals surface area contributed by atoms with Gasteiger partial charge in [0.15, 0.2) is 5.82 Å². The minimum atomic E-state index is -4.65. The van der Waals surface area contributed by atoms with Crippen LogP contribution in [0.15, 0.2) is 12.1 Å². The van der Waals surface area contributed by atoms with Crippen molar-refractivity contribution in [2.75, 3.05) is 17.2 Å². The molecule has 0 N–H and O–H groups in total. The van der Waals surface area contributed by atoms with Gasteiger partial charge in [0, 0.05) is 24.6 Å². The van der Waals surface area contributed by atoms with Crippen molar-refractivity contribution in [2.45, 2.75) is 6.42 Å². The maximum absolute atomic E-state index is 13.3. The standard InChI is InChI=1S/C11H9Cl2F2NO3S/c12-8-2-7(3-9(13)11(8)14)16-4-6(1-10(16)17)5-20(15,18)19/h2-3,6H,1,4-5H2. The molecule has 110 valence electrons. The number of hydrogen-bond donors (Lipinski definition) is 0. The highest BCUT2D eigenvalue weighted by atomic mass is 35.5. The Morgan fingerprint density at radius 1 is 1.30 bits per heavy atom. The van der Waals surface area contributed by atoms with Crippen molar-refractivity contribution < 1.29 is 21.5 Å². The molecule has 9 heteroatoms. The lowest BCUT2D eigenvalue weighted by Gasteiger charge is -2.17. The molecule has 1 aromatic rings. The van der Waals surface area contributed by atoms with E-state index in [1.54, 1.807) is 0 Å². The molecule has 1 saturated heterocycles. The molecule has 0 aliphatic carbocycles. The Bertz CT molecular complexity index is 643. The first-order chi connectivity index (χ1) is 9.17. The van der Waals surface area contributed by atoms with Crippen LogP contribution < -0.4 is 4.90 Å². The third-order valence-corrected chi connectivity index (χ3v) is 4.34. The van der Waals surface area contributed by atoms with Crippen molar-refractivity contribution in [2.24, 2.45) is 5.92 Å². The Morgan fingerprint density at radius 2 is 1.85 bits per heavy atom. The van der Waals surface area contributed by atoms with Gasteiger partial charge >= 0.3 is 10.2 Å². The molecule has 20 heavy (non-hydrogen) atoms. The predicted molar refractivity (Wildman–Crippen MR) is 71.8 cm³/mol. The van der Waals surface area contributed by atoms with E-state index in [1.807, 2.05) is 0 Å². The van der Waals surface area contributed by atoms with Crippen LogP contribution >= 0.6 is 23.2 Å². The number of anilines is 1. The van der Waals surface area contributed by atoms with E-state index in [0.29, 0.717) is 0 Å². The number of hydrogen-bond acceptors (Lipinski definition) is 3. The van der Waals surface area contributed by atoms with Crippen molar-refractivity contribution >= 4 is 45.0 Å². The number of halogens is 4. The molecule has 0 radical (unpaired) electrons. The summed E-state index contributed by atoms with van der Waals surface area (Å²) in [5, 5.41) is -0.497. The van der Waals surface area contributed by atoms with Gasteiger partial charge < -0.3 is 4.90 Å². The third-order valence-electron chi connectivity index (χ3n) is 2.92. The van der Waals surface area contributed by atoms with E-state index in [4.69, 9.17) is 23.2 Å². The van der Waals surface area contributed by atoms with E-state index in [0.717, 1.165) is 0 Å². The van der Waals surface area contributed by atoms with E-state index in [9.17, 15) is 21.5 Å². The monoisotopic (exact) mass is 343 g/mol. The highest BCUT2D eigenvalue weighted by Crippen LogP contribution is 2.33. The Labute approximate surface area is 124 Å². The van der Waals surface area contributed by atoms with Crippen LogP contribution in [0, 0.1) is 11.7 Å². The largest absolute Gasteiger partial charge is 0.312 e. The summed E-state index contributed by atoms with van der Waals surface area (Å²) in [5.41, 5.74) is 0.255. The molecule has 1 aliphatic heterocycles. The molecule has 1 heterocycles. The molecular weight excluding hydrogens is 335 g/mol. The van der Waals surface area contributed by atoms with Crippen LogP contribution in [-0.2, 0) is 15.0 Å². The van der Waals surface area contributed by atoms with Gasteiger partial charge in [-0.25, -0.2) is 4.39 Å². The van der Waals surface area contributed by atoms with E-state index >= 15 is 0 Å². The summed E-state index contributed by atoms with van der Waals surface area (Å²) in [6.45, 7) is 0.0142. The summed E-state index contributed by atoms with van der Waals surface area (Å²) < 4.78 is 47.1. The van der Waals surface area contributed by atoms with Crippen molar-refractivity contribution in [1.29, 1.82) is 0 Å². The van der Waals surface area contributed by atoms with Gasteiger partial charge in [0.25, 0.3) is 0 Å². The van der Waals surface area contributed by atoms with E-state index in [1.165, 1.54) is 17.0 Å². The number of benzene rings is 1. The molecular formula is C11H9Cl2F2NO3S. The van der Waals surface area contributed by atoms with Crippen LogP contribution in [0.4, 0.5) is 14.0 Å². The van der Waals surface area contributed by atoms with E-state index < -0.39 is 33.6 Å². The number of carbonyl (C=O) groups is 1. The van der Waals surface area contributed by atoms with Crippen molar-refractivity contribution in [3.8, 4) is 0 Å². The van der Waals surface area contributed by atoms with Gasteiger partial charge in [0.1, 0.15) is 0 Å². The molecule has 0 aromatic heterocycles. The van der Waals surface area contributed by atoms with Crippen molar-refractivity contribution in [1.82, 2.24) is 0 Å². The Kier molecular flexibility index (Phi) is 4.22. The second-order valence-corrected chi connectivity index (χ2v) is 6.73. The minimum absolute atomic E-state index is 0.0142. The van der Waals surface area contributed by atoms with Crippen LogP contribution in [0.25, 0.3) is 0 Å². The van der Waals surface area contributed by atoms with Crippen LogP contribution in [0.3, 0.4) is 0 Å². The third kappa shape index (κ3) is 3.39. The fourth-order valence-electron chi connectivity index (χ4n) is 2.12. The second-order valence-electron chi connectivity index (χ2n) is 4.50. The maximum atomic E-state index is 13.3. The van der Waals surface area contributed by atoms with Gasteiger partial charge in [0.2, 0.25) is 5.91 Å². The number of amides is 1. The van der Waals surface area contributed by atoms with E-state index in [2.05, 4.69) is 0 Å². The molecule has 1 unspecified atom stereocenters. The van der Waals surface area contributed by atoms with Gasteiger partial charge in [-0.3, -0.25) is 4.79 Å². The summed E-state index contributed by atoms with van der Waals surface area (Å²) in [4.78, 5) is 13.0. The maximum Gasteiger partial charge on any atom is 0.302 e. The van der Waals surface area contributed by atoms with Gasteiger partial charge in [0.05, 0.1) is 15.8 Å². The lowest BCUT2D eigenvalue weighted by molar-refractivity contribution is -0.117. The average molecular weight is 344 g/mol. The molecule has 4 nitrogen and oxygen atoms in total. The Morgan fingerprint density at radius 3 is 2.35 bits per heavy atom. The SMILES string of the molecule is O=C1CC(CS(=O)(=O)F)CN1c1cc(Cl)c(F)c(Cl)c1. The fourth-order valence-corrected chi connectivity index (χ4v) is 3.38. The lowest BCUT2D eigenvalue weighted by atomic mass is 10.1. The highest BCUT2D eigenvalue weighted by molar-refractivity contribution is 7.86. The van der Waals surface area contributed by atoms with Gasteiger partial charge in [-0.15, -0.1) is 3.89 Å². The Balaban J connectivity index is 2.24. The summed E-state index contributed by atoms with van der Waals surface area (Å²) in [5.74, 6) is -2.57. The van der Waals surface area contributed by atoms with Crippen LogP contribution in [-0.4, -0.2) is 26.6 Å². The highest BCUT2D eigenvalue weighted by Gasteiger charge is 2.34. The molecule has 0 spiro atoms. The summed E-state index contributed by atoms with van der Waals surface area (Å²) >= 11 is 11.3. The first-order valence-electron chi connectivity index (χ1n) is 5.54. The molecule has 2 rings (SSSR count). The van der Waals surface area contributed by atoms with Crippen LogP contribution in [0.2, 0.25) is 10.0 Å². The second kappa shape index (κ2) is 5.46. The molecule has 0 bridgehead atoms. The van der Waals surface area contributed by atoms with Crippen molar-refractivity contribution in [3.63, 3.8) is 0 Å². The normalized spacial score (nSPS) is 19.7. The first-order valence-corrected chi connectivity index (χ1v) is 7.85. The Hall–Kier alpha value is -0.920. The fraction of sp³-hybridized carbons (Fsp3) is 0.364. The number of rotatable bonds is 3. The molecule has 1 aromatic carbocycles. The smallest absolute Gasteiger partial charge is 0.302 e.